The molecule has 0 atom stereocenters. The Morgan fingerprint density at radius 1 is 1.00 bits per heavy atom. The van der Waals surface area contributed by atoms with Crippen molar-refractivity contribution in [1.29, 1.82) is 0 Å². The highest BCUT2D eigenvalue weighted by molar-refractivity contribution is 5.19. The van der Waals surface area contributed by atoms with Crippen molar-refractivity contribution in [3.8, 4) is 0 Å². The molecule has 0 unspecified atom stereocenters. The Bertz CT molecular complexity index is 316. The Hall–Kier alpha value is -0.340. The summed E-state index contributed by atoms with van der Waals surface area (Å²) in [4.78, 5) is 0. The van der Waals surface area contributed by atoms with Gasteiger partial charge in [0.05, 0.1) is 13.2 Å². The van der Waals surface area contributed by atoms with Crippen LogP contribution in [0.3, 0.4) is 0 Å². The monoisotopic (exact) mass is 238 g/mol. The molecule has 0 radical (unpaired) electrons. The van der Waals surface area contributed by atoms with E-state index < -0.39 is 5.79 Å². The molecule has 2 rings (SSSR count). The minimum absolute atomic E-state index is 0.143. The minimum atomic E-state index is -0.479. The Labute approximate surface area is 105 Å². The van der Waals surface area contributed by atoms with E-state index in [0.717, 1.165) is 19.6 Å². The third kappa shape index (κ3) is 2.92. The van der Waals surface area contributed by atoms with Crippen molar-refractivity contribution in [3.63, 3.8) is 0 Å². The largest absolute Gasteiger partial charge is 0.346 e. The Morgan fingerprint density at radius 3 is 2.12 bits per heavy atom. The van der Waals surface area contributed by atoms with E-state index >= 15 is 0 Å². The van der Waals surface area contributed by atoms with Gasteiger partial charge in [0, 0.05) is 5.41 Å². The lowest BCUT2D eigenvalue weighted by Gasteiger charge is -2.44. The van der Waals surface area contributed by atoms with E-state index in [2.05, 4.69) is 40.7 Å². The summed E-state index contributed by atoms with van der Waals surface area (Å²) < 4.78 is 12.0. The van der Waals surface area contributed by atoms with Gasteiger partial charge in [-0.3, -0.25) is 0 Å². The molecule has 0 N–H and O–H groups in total. The molecule has 1 aliphatic carbocycles. The van der Waals surface area contributed by atoms with Crippen LogP contribution in [0.1, 0.15) is 53.9 Å². The zero-order chi connectivity index (χ0) is 12.7. The molecular formula is C15H26O2. The van der Waals surface area contributed by atoms with Crippen LogP contribution in [0, 0.1) is 10.8 Å². The first kappa shape index (κ1) is 13.1. The maximum absolute atomic E-state index is 6.02. The van der Waals surface area contributed by atoms with Gasteiger partial charge in [-0.05, 0) is 37.2 Å². The highest BCUT2D eigenvalue weighted by Gasteiger charge is 2.41. The van der Waals surface area contributed by atoms with Gasteiger partial charge >= 0.3 is 0 Å². The van der Waals surface area contributed by atoms with Gasteiger partial charge in [-0.2, -0.15) is 0 Å². The molecule has 0 bridgehead atoms. The topological polar surface area (TPSA) is 18.5 Å². The fourth-order valence-electron chi connectivity index (χ4n) is 2.64. The van der Waals surface area contributed by atoms with E-state index in [1.165, 1.54) is 18.4 Å². The molecule has 1 heterocycles. The summed E-state index contributed by atoms with van der Waals surface area (Å²) in [5.74, 6) is -0.479. The number of ether oxygens (including phenoxy) is 2. The molecule has 1 aliphatic heterocycles. The average Bonchev–Trinajstić information content (AvgIpc) is 2.22. The molecule has 98 valence electrons. The number of hydrogen-bond acceptors (Lipinski definition) is 2. The summed E-state index contributed by atoms with van der Waals surface area (Å²) in [6.07, 6.45) is 5.98. The molecule has 2 heteroatoms. The second kappa shape index (κ2) is 4.10. The number of rotatable bonds is 1. The first-order chi connectivity index (χ1) is 7.73. The van der Waals surface area contributed by atoms with Crippen LogP contribution in [0.15, 0.2) is 11.6 Å². The van der Waals surface area contributed by atoms with Crippen LogP contribution >= 0.6 is 0 Å². The van der Waals surface area contributed by atoms with Gasteiger partial charge in [0.2, 0.25) is 0 Å². The van der Waals surface area contributed by atoms with Crippen LogP contribution < -0.4 is 0 Å². The average molecular weight is 238 g/mol. The van der Waals surface area contributed by atoms with Gasteiger partial charge in [-0.25, -0.2) is 0 Å². The zero-order valence-electron chi connectivity index (χ0n) is 11.9. The van der Waals surface area contributed by atoms with Crippen molar-refractivity contribution < 1.29 is 9.47 Å². The SMILES string of the molecule is CC1(C)C=C(C2(C)OCC(C)(C)CO2)CCC1. The molecule has 0 saturated carbocycles. The predicted molar refractivity (Wildman–Crippen MR) is 69.8 cm³/mol. The molecule has 1 saturated heterocycles. The summed E-state index contributed by atoms with van der Waals surface area (Å²) in [5.41, 5.74) is 1.77. The van der Waals surface area contributed by atoms with Gasteiger partial charge in [0.25, 0.3) is 0 Å². The summed E-state index contributed by atoms with van der Waals surface area (Å²) in [6, 6.07) is 0. The number of hydrogen-bond donors (Lipinski definition) is 0. The molecule has 0 aromatic carbocycles. The van der Waals surface area contributed by atoms with Crippen LogP contribution in [0.25, 0.3) is 0 Å². The van der Waals surface area contributed by atoms with E-state index in [1.807, 2.05) is 0 Å². The normalized spacial score (nSPS) is 30.8. The third-order valence-corrected chi connectivity index (χ3v) is 3.89. The van der Waals surface area contributed by atoms with Gasteiger partial charge in [-0.15, -0.1) is 0 Å². The van der Waals surface area contributed by atoms with Crippen LogP contribution in [0.4, 0.5) is 0 Å². The van der Waals surface area contributed by atoms with Crippen LogP contribution in [0.5, 0.6) is 0 Å². The maximum atomic E-state index is 6.02. The van der Waals surface area contributed by atoms with Crippen molar-refractivity contribution in [2.24, 2.45) is 10.8 Å². The molecule has 0 spiro atoms. The van der Waals surface area contributed by atoms with Crippen LogP contribution in [-0.2, 0) is 9.47 Å². The second-order valence-corrected chi connectivity index (χ2v) is 7.20. The molecule has 17 heavy (non-hydrogen) atoms. The smallest absolute Gasteiger partial charge is 0.187 e. The lowest BCUT2D eigenvalue weighted by atomic mass is 9.77. The second-order valence-electron chi connectivity index (χ2n) is 7.20. The molecule has 1 fully saturated rings. The fraction of sp³-hybridized carbons (Fsp3) is 0.867. The first-order valence-corrected chi connectivity index (χ1v) is 6.73. The van der Waals surface area contributed by atoms with E-state index in [0.29, 0.717) is 0 Å². The summed E-state index contributed by atoms with van der Waals surface area (Å²) in [6.45, 7) is 12.6. The Kier molecular flexibility index (Phi) is 3.16. The van der Waals surface area contributed by atoms with E-state index in [-0.39, 0.29) is 10.8 Å². The third-order valence-electron chi connectivity index (χ3n) is 3.89. The van der Waals surface area contributed by atoms with E-state index in [4.69, 9.17) is 9.47 Å². The first-order valence-electron chi connectivity index (χ1n) is 6.73. The zero-order valence-corrected chi connectivity index (χ0v) is 11.9. The van der Waals surface area contributed by atoms with E-state index in [1.54, 1.807) is 0 Å². The van der Waals surface area contributed by atoms with Gasteiger partial charge in [0.15, 0.2) is 5.79 Å². The predicted octanol–water partition coefficient (Wildman–Crippen LogP) is 3.91. The van der Waals surface area contributed by atoms with Crippen LogP contribution in [0.2, 0.25) is 0 Å². The summed E-state index contributed by atoms with van der Waals surface area (Å²) >= 11 is 0. The fourth-order valence-corrected chi connectivity index (χ4v) is 2.64. The van der Waals surface area contributed by atoms with Gasteiger partial charge < -0.3 is 9.47 Å². The minimum Gasteiger partial charge on any atom is -0.346 e. The molecule has 2 nitrogen and oxygen atoms in total. The van der Waals surface area contributed by atoms with Crippen LogP contribution in [-0.4, -0.2) is 19.0 Å². The highest BCUT2D eigenvalue weighted by atomic mass is 16.7. The number of allylic oxidation sites excluding steroid dienone is 1. The maximum Gasteiger partial charge on any atom is 0.187 e. The van der Waals surface area contributed by atoms with Crippen molar-refractivity contribution in [2.45, 2.75) is 59.7 Å². The Balaban J connectivity index is 2.14. The summed E-state index contributed by atoms with van der Waals surface area (Å²) in [5, 5.41) is 0. The molecular weight excluding hydrogens is 212 g/mol. The van der Waals surface area contributed by atoms with E-state index in [9.17, 15) is 0 Å². The van der Waals surface area contributed by atoms with Crippen molar-refractivity contribution in [2.75, 3.05) is 13.2 Å². The summed E-state index contributed by atoms with van der Waals surface area (Å²) in [7, 11) is 0. The van der Waals surface area contributed by atoms with Gasteiger partial charge in [0.1, 0.15) is 0 Å². The molecule has 0 aromatic heterocycles. The van der Waals surface area contributed by atoms with Crippen molar-refractivity contribution in [3.05, 3.63) is 11.6 Å². The van der Waals surface area contributed by atoms with Crippen molar-refractivity contribution in [1.82, 2.24) is 0 Å². The molecule has 2 aliphatic rings. The molecule has 0 aromatic rings. The van der Waals surface area contributed by atoms with Gasteiger partial charge in [-0.1, -0.05) is 33.8 Å². The molecule has 0 amide bonds. The lowest BCUT2D eigenvalue weighted by Crippen LogP contribution is -2.47. The van der Waals surface area contributed by atoms with Crippen molar-refractivity contribution >= 4 is 0 Å². The lowest BCUT2D eigenvalue weighted by molar-refractivity contribution is -0.270. The highest BCUT2D eigenvalue weighted by Crippen LogP contribution is 2.42. The standard InChI is InChI=1S/C15H26O2/c1-13(2)8-6-7-12(9-13)15(5)16-10-14(3,4)11-17-15/h9H,6-8,10-11H2,1-5H3. The Morgan fingerprint density at radius 2 is 1.59 bits per heavy atom. The quantitative estimate of drug-likeness (QED) is 0.645.